The van der Waals surface area contributed by atoms with Crippen LogP contribution in [0.3, 0.4) is 0 Å². The molecule has 1 N–H and O–H groups in total. The van der Waals surface area contributed by atoms with Crippen LogP contribution in [0.2, 0.25) is 0 Å². The van der Waals surface area contributed by atoms with Gasteiger partial charge in [0.05, 0.1) is 29.5 Å². The average Bonchev–Trinajstić information content (AvgIpc) is 3.26. The fourth-order valence-electron chi connectivity index (χ4n) is 3.72. The Balaban J connectivity index is 0.000000339. The Morgan fingerprint density at radius 2 is 1.77 bits per heavy atom. The number of halogens is 4. The van der Waals surface area contributed by atoms with Crippen molar-refractivity contribution in [1.82, 2.24) is 9.88 Å². The zero-order valence-corrected chi connectivity index (χ0v) is 15.9. The summed E-state index contributed by atoms with van der Waals surface area (Å²) in [4.78, 5) is 41.5. The minimum atomic E-state index is -5.08. The molecule has 3 heterocycles. The van der Waals surface area contributed by atoms with Gasteiger partial charge in [-0.05, 0) is 30.7 Å². The van der Waals surface area contributed by atoms with Crippen LogP contribution in [-0.4, -0.2) is 57.6 Å². The number of carboxylic acids is 1. The first-order valence-corrected chi connectivity index (χ1v) is 9.19. The molecule has 0 saturated carbocycles. The van der Waals surface area contributed by atoms with Crippen molar-refractivity contribution in [3.63, 3.8) is 0 Å². The van der Waals surface area contributed by atoms with E-state index in [-0.39, 0.29) is 35.9 Å². The van der Waals surface area contributed by atoms with E-state index in [1.807, 2.05) is 6.07 Å². The molecule has 2 atom stereocenters. The molecule has 11 heteroatoms. The van der Waals surface area contributed by atoms with E-state index in [4.69, 9.17) is 9.90 Å². The largest absolute Gasteiger partial charge is 0.490 e. The summed E-state index contributed by atoms with van der Waals surface area (Å²) in [6.07, 6.45) is -0.822. The van der Waals surface area contributed by atoms with Gasteiger partial charge in [0.2, 0.25) is 5.91 Å². The van der Waals surface area contributed by atoms with Gasteiger partial charge in [-0.3, -0.25) is 14.6 Å². The smallest absolute Gasteiger partial charge is 0.475 e. The molecule has 164 valence electrons. The molecule has 2 aliphatic rings. The summed E-state index contributed by atoms with van der Waals surface area (Å²) in [5.41, 5.74) is 0.806. The predicted molar refractivity (Wildman–Crippen MR) is 99.7 cm³/mol. The number of alkyl halides is 3. The highest BCUT2D eigenvalue weighted by atomic mass is 19.4. The van der Waals surface area contributed by atoms with E-state index >= 15 is 0 Å². The SMILES string of the molecule is O=C(O)C(F)(F)F.O=C(c1ccccc1F)N1CC[C@@H]2[C@@H]1CC(=O)N2c1cccnc1. The molecule has 0 spiro atoms. The highest BCUT2D eigenvalue weighted by Crippen LogP contribution is 2.36. The van der Waals surface area contributed by atoms with Crippen molar-refractivity contribution in [2.75, 3.05) is 11.4 Å². The first kappa shape index (κ1) is 22.2. The van der Waals surface area contributed by atoms with Crippen LogP contribution in [0, 0.1) is 5.82 Å². The summed E-state index contributed by atoms with van der Waals surface area (Å²) in [5.74, 6) is -3.66. The zero-order valence-electron chi connectivity index (χ0n) is 15.9. The summed E-state index contributed by atoms with van der Waals surface area (Å²) < 4.78 is 45.7. The molecule has 7 nitrogen and oxygen atoms in total. The third-order valence-electron chi connectivity index (χ3n) is 5.03. The molecule has 31 heavy (non-hydrogen) atoms. The molecule has 1 aromatic heterocycles. The van der Waals surface area contributed by atoms with Gasteiger partial charge in [0.25, 0.3) is 5.91 Å². The van der Waals surface area contributed by atoms with Crippen LogP contribution in [0.25, 0.3) is 0 Å². The Labute approximate surface area is 173 Å². The number of rotatable bonds is 2. The van der Waals surface area contributed by atoms with E-state index in [2.05, 4.69) is 4.98 Å². The van der Waals surface area contributed by atoms with E-state index in [1.54, 1.807) is 40.4 Å². The Hall–Kier alpha value is -3.50. The van der Waals surface area contributed by atoms with Crippen LogP contribution in [0.15, 0.2) is 48.8 Å². The topological polar surface area (TPSA) is 90.8 Å². The highest BCUT2D eigenvalue weighted by molar-refractivity contribution is 6.00. The fourth-order valence-corrected chi connectivity index (χ4v) is 3.72. The third kappa shape index (κ3) is 4.65. The molecule has 2 saturated heterocycles. The van der Waals surface area contributed by atoms with Gasteiger partial charge in [0.15, 0.2) is 0 Å². The lowest BCUT2D eigenvalue weighted by atomic mass is 10.1. The number of aliphatic carboxylic acids is 1. The molecule has 0 bridgehead atoms. The average molecular weight is 439 g/mol. The summed E-state index contributed by atoms with van der Waals surface area (Å²) >= 11 is 0. The van der Waals surface area contributed by atoms with Crippen molar-refractivity contribution in [2.24, 2.45) is 0 Å². The molecule has 0 aliphatic carbocycles. The lowest BCUT2D eigenvalue weighted by Gasteiger charge is -2.25. The first-order chi connectivity index (χ1) is 14.6. The lowest BCUT2D eigenvalue weighted by molar-refractivity contribution is -0.192. The van der Waals surface area contributed by atoms with Gasteiger partial charge in [0.1, 0.15) is 5.82 Å². The Bertz CT molecular complexity index is 984. The highest BCUT2D eigenvalue weighted by Gasteiger charge is 2.49. The van der Waals surface area contributed by atoms with E-state index in [0.29, 0.717) is 13.0 Å². The molecule has 4 rings (SSSR count). The predicted octanol–water partition coefficient (Wildman–Crippen LogP) is 2.87. The van der Waals surface area contributed by atoms with E-state index in [0.717, 1.165) is 5.69 Å². The van der Waals surface area contributed by atoms with Crippen LogP contribution >= 0.6 is 0 Å². The van der Waals surface area contributed by atoms with Crippen LogP contribution in [0.5, 0.6) is 0 Å². The third-order valence-corrected chi connectivity index (χ3v) is 5.03. The summed E-state index contributed by atoms with van der Waals surface area (Å²) in [6.45, 7) is 0.520. The number of amides is 2. The van der Waals surface area contributed by atoms with Crippen LogP contribution < -0.4 is 4.90 Å². The zero-order chi connectivity index (χ0) is 22.8. The molecule has 0 unspecified atom stereocenters. The van der Waals surface area contributed by atoms with E-state index < -0.39 is 18.0 Å². The molecule has 2 aromatic rings. The number of hydrogen-bond acceptors (Lipinski definition) is 4. The molecule has 2 fully saturated rings. The fraction of sp³-hybridized carbons (Fsp3) is 0.300. The normalized spacial score (nSPS) is 20.2. The van der Waals surface area contributed by atoms with Crippen molar-refractivity contribution < 1.29 is 37.1 Å². The Kier molecular flexibility index (Phi) is 6.23. The van der Waals surface area contributed by atoms with Crippen molar-refractivity contribution in [1.29, 1.82) is 0 Å². The minimum absolute atomic E-state index is 0.0240. The Morgan fingerprint density at radius 1 is 1.10 bits per heavy atom. The van der Waals surface area contributed by atoms with Gasteiger partial charge in [-0.25, -0.2) is 9.18 Å². The lowest BCUT2D eigenvalue weighted by Crippen LogP contribution is -2.40. The van der Waals surface area contributed by atoms with Gasteiger partial charge in [-0.15, -0.1) is 0 Å². The van der Waals surface area contributed by atoms with Gasteiger partial charge >= 0.3 is 12.1 Å². The summed E-state index contributed by atoms with van der Waals surface area (Å²) in [5, 5.41) is 7.12. The number of likely N-dealkylation sites (tertiary alicyclic amines) is 1. The molecular formula is C20H17F4N3O4. The Morgan fingerprint density at radius 3 is 2.35 bits per heavy atom. The monoisotopic (exact) mass is 439 g/mol. The quantitative estimate of drug-likeness (QED) is 0.727. The molecule has 1 aromatic carbocycles. The number of benzene rings is 1. The number of anilines is 1. The second-order valence-corrected chi connectivity index (χ2v) is 6.88. The number of aromatic nitrogens is 1. The van der Waals surface area contributed by atoms with E-state index in [1.165, 1.54) is 12.1 Å². The minimum Gasteiger partial charge on any atom is -0.475 e. The van der Waals surface area contributed by atoms with Crippen molar-refractivity contribution >= 4 is 23.5 Å². The van der Waals surface area contributed by atoms with Crippen molar-refractivity contribution in [3.8, 4) is 0 Å². The molecule has 0 radical (unpaired) electrons. The van der Waals surface area contributed by atoms with Crippen LogP contribution in [0.4, 0.5) is 23.2 Å². The number of pyridine rings is 1. The number of hydrogen-bond donors (Lipinski definition) is 1. The molecule has 2 aliphatic heterocycles. The van der Waals surface area contributed by atoms with Gasteiger partial charge < -0.3 is 14.9 Å². The van der Waals surface area contributed by atoms with Gasteiger partial charge in [0, 0.05) is 19.2 Å². The van der Waals surface area contributed by atoms with Crippen LogP contribution in [0.1, 0.15) is 23.2 Å². The summed E-state index contributed by atoms with van der Waals surface area (Å²) in [6, 6.07) is 9.31. The standard InChI is InChI=1S/C18H16FN3O2.C2HF3O2/c19-14-6-2-1-5-13(14)18(24)21-9-7-15-16(21)10-17(23)22(15)12-4-3-8-20-11-12;3-2(4,5)1(6)7/h1-6,8,11,15-16H,7,9-10H2;(H,6,7)/t15-,16+;/m1./s1. The number of fused-ring (bicyclic) bond motifs is 1. The number of carboxylic acid groups (broad SMARTS) is 1. The van der Waals surface area contributed by atoms with Gasteiger partial charge in [-0.1, -0.05) is 12.1 Å². The number of carbonyl (C=O) groups excluding carboxylic acids is 2. The second-order valence-electron chi connectivity index (χ2n) is 6.88. The maximum atomic E-state index is 13.9. The molecular weight excluding hydrogens is 422 g/mol. The van der Waals surface area contributed by atoms with E-state index in [9.17, 15) is 27.2 Å². The van der Waals surface area contributed by atoms with Gasteiger partial charge in [-0.2, -0.15) is 13.2 Å². The maximum Gasteiger partial charge on any atom is 0.490 e. The number of carbonyl (C=O) groups is 3. The molecule has 2 amide bonds. The van der Waals surface area contributed by atoms with Crippen molar-refractivity contribution in [2.45, 2.75) is 31.1 Å². The second kappa shape index (κ2) is 8.70. The maximum absolute atomic E-state index is 13.9. The summed E-state index contributed by atoms with van der Waals surface area (Å²) in [7, 11) is 0. The number of nitrogens with zero attached hydrogens (tertiary/aromatic N) is 3. The first-order valence-electron chi connectivity index (χ1n) is 9.19. The van der Waals surface area contributed by atoms with Crippen LogP contribution in [-0.2, 0) is 9.59 Å². The van der Waals surface area contributed by atoms with Crippen molar-refractivity contribution in [3.05, 3.63) is 60.2 Å².